The maximum atomic E-state index is 12.2. The summed E-state index contributed by atoms with van der Waals surface area (Å²) in [7, 11) is 0. The molecule has 6 heteroatoms. The fraction of sp³-hybridized carbons (Fsp3) is 0.200. The number of aliphatic hydroxyl groups is 1. The van der Waals surface area contributed by atoms with Crippen molar-refractivity contribution in [1.82, 2.24) is 4.98 Å². The highest BCUT2D eigenvalue weighted by Crippen LogP contribution is 2.23. The Morgan fingerprint density at radius 1 is 1.52 bits per heavy atom. The van der Waals surface area contributed by atoms with E-state index in [4.69, 9.17) is 16.7 Å². The third-order valence-corrected chi connectivity index (χ3v) is 3.94. The Morgan fingerprint density at radius 2 is 2.33 bits per heavy atom. The van der Waals surface area contributed by atoms with Gasteiger partial charge >= 0.3 is 0 Å². The van der Waals surface area contributed by atoms with Crippen molar-refractivity contribution in [3.63, 3.8) is 0 Å². The number of anilines is 1. The first-order valence-electron chi connectivity index (χ1n) is 6.24. The third-order valence-electron chi connectivity index (χ3n) is 2.61. The van der Waals surface area contributed by atoms with Gasteiger partial charge in [-0.3, -0.25) is 10.1 Å². The Labute approximate surface area is 131 Å². The van der Waals surface area contributed by atoms with Crippen molar-refractivity contribution in [2.24, 2.45) is 0 Å². The van der Waals surface area contributed by atoms with Gasteiger partial charge in [0.2, 0.25) is 0 Å². The van der Waals surface area contributed by atoms with Gasteiger partial charge < -0.3 is 5.11 Å². The summed E-state index contributed by atoms with van der Waals surface area (Å²) in [6.07, 6.45) is 2.00. The van der Waals surface area contributed by atoms with Crippen LogP contribution in [0.5, 0.6) is 0 Å². The van der Waals surface area contributed by atoms with Crippen molar-refractivity contribution in [1.29, 1.82) is 0 Å². The molecule has 0 aliphatic carbocycles. The highest BCUT2D eigenvalue weighted by Gasteiger charge is 2.13. The van der Waals surface area contributed by atoms with Crippen LogP contribution in [0.15, 0.2) is 24.4 Å². The Hall–Kier alpha value is -1.87. The van der Waals surface area contributed by atoms with Crippen LogP contribution in [-0.2, 0) is 0 Å². The second-order valence-corrected chi connectivity index (χ2v) is 5.60. The van der Waals surface area contributed by atoms with Gasteiger partial charge in [0.05, 0.1) is 28.3 Å². The number of benzene rings is 1. The van der Waals surface area contributed by atoms with Gasteiger partial charge in [-0.25, -0.2) is 4.98 Å². The molecule has 0 saturated heterocycles. The number of rotatable bonds is 3. The van der Waals surface area contributed by atoms with Gasteiger partial charge in [0, 0.05) is 6.42 Å². The molecule has 1 amide bonds. The van der Waals surface area contributed by atoms with E-state index >= 15 is 0 Å². The first-order chi connectivity index (χ1) is 10.1. The molecule has 108 valence electrons. The van der Waals surface area contributed by atoms with Crippen LogP contribution in [0.3, 0.4) is 0 Å². The Balaban J connectivity index is 2.10. The number of hydrogen-bond acceptors (Lipinski definition) is 4. The minimum Gasteiger partial charge on any atom is -0.395 e. The lowest BCUT2D eigenvalue weighted by Gasteiger charge is -2.05. The van der Waals surface area contributed by atoms with Crippen LogP contribution in [0.4, 0.5) is 5.13 Å². The number of carbonyl (C=O) groups is 1. The fourth-order valence-corrected chi connectivity index (χ4v) is 2.48. The second-order valence-electron chi connectivity index (χ2n) is 4.20. The van der Waals surface area contributed by atoms with E-state index in [9.17, 15) is 4.79 Å². The van der Waals surface area contributed by atoms with Gasteiger partial charge in [-0.2, -0.15) is 0 Å². The first-order valence-corrected chi connectivity index (χ1v) is 7.43. The fourth-order valence-electron chi connectivity index (χ4n) is 1.58. The lowest BCUT2D eigenvalue weighted by atomic mass is 10.1. The molecule has 0 radical (unpaired) electrons. The second kappa shape index (κ2) is 7.23. The normalized spacial score (nSPS) is 9.86. The third kappa shape index (κ3) is 4.05. The summed E-state index contributed by atoms with van der Waals surface area (Å²) in [5, 5.41) is 12.3. The number of amides is 1. The average Bonchev–Trinajstić information content (AvgIpc) is 2.89. The van der Waals surface area contributed by atoms with Gasteiger partial charge in [0.25, 0.3) is 5.91 Å². The zero-order valence-electron chi connectivity index (χ0n) is 11.3. The number of nitrogens with one attached hydrogen (secondary N) is 1. The Morgan fingerprint density at radius 3 is 3.10 bits per heavy atom. The minimum atomic E-state index is -0.298. The van der Waals surface area contributed by atoms with Crippen LogP contribution in [-0.4, -0.2) is 22.6 Å². The lowest BCUT2D eigenvalue weighted by molar-refractivity contribution is 0.102. The van der Waals surface area contributed by atoms with Crippen molar-refractivity contribution < 1.29 is 9.90 Å². The Bertz CT molecular complexity index is 716. The van der Waals surface area contributed by atoms with Crippen LogP contribution in [0.1, 0.15) is 27.2 Å². The number of halogens is 1. The Kier molecular flexibility index (Phi) is 5.34. The number of nitrogens with zero attached hydrogens (tertiary/aromatic N) is 1. The van der Waals surface area contributed by atoms with Crippen LogP contribution < -0.4 is 5.32 Å². The summed E-state index contributed by atoms with van der Waals surface area (Å²) in [4.78, 5) is 17.0. The molecule has 0 aliphatic rings. The van der Waals surface area contributed by atoms with E-state index in [2.05, 4.69) is 22.1 Å². The predicted octanol–water partition coefficient (Wildman–Crippen LogP) is 3.09. The molecule has 1 heterocycles. The van der Waals surface area contributed by atoms with E-state index in [1.54, 1.807) is 18.3 Å². The van der Waals surface area contributed by atoms with Crippen molar-refractivity contribution >= 4 is 34.0 Å². The smallest absolute Gasteiger partial charge is 0.258 e. The van der Waals surface area contributed by atoms with Crippen molar-refractivity contribution in [2.45, 2.75) is 13.3 Å². The van der Waals surface area contributed by atoms with Crippen LogP contribution in [0, 0.1) is 18.8 Å². The molecule has 4 nitrogen and oxygen atoms in total. The maximum absolute atomic E-state index is 12.2. The molecule has 0 aliphatic heterocycles. The predicted molar refractivity (Wildman–Crippen MR) is 84.8 cm³/mol. The molecule has 0 bridgehead atoms. The summed E-state index contributed by atoms with van der Waals surface area (Å²) in [5.74, 6) is 5.37. The molecule has 2 rings (SSSR count). The monoisotopic (exact) mass is 320 g/mol. The summed E-state index contributed by atoms with van der Waals surface area (Å²) in [5.41, 5.74) is 1.26. The van der Waals surface area contributed by atoms with Gasteiger partial charge in [-0.15, -0.1) is 0 Å². The van der Waals surface area contributed by atoms with Gasteiger partial charge in [0.1, 0.15) is 0 Å². The largest absolute Gasteiger partial charge is 0.395 e. The summed E-state index contributed by atoms with van der Waals surface area (Å²) >= 11 is 7.40. The number of hydrogen-bond donors (Lipinski definition) is 2. The van der Waals surface area contributed by atoms with Gasteiger partial charge in [0.15, 0.2) is 5.13 Å². The quantitative estimate of drug-likeness (QED) is 0.854. The number of thiazole rings is 1. The zero-order chi connectivity index (χ0) is 15.2. The van der Waals surface area contributed by atoms with E-state index in [0.717, 1.165) is 10.4 Å². The number of aliphatic hydroxyl groups excluding tert-OH is 1. The van der Waals surface area contributed by atoms with E-state index in [1.165, 1.54) is 11.3 Å². The van der Waals surface area contributed by atoms with Crippen molar-refractivity contribution in [2.75, 3.05) is 11.9 Å². The summed E-state index contributed by atoms with van der Waals surface area (Å²) < 4.78 is 0. The molecule has 2 N–H and O–H groups in total. The van der Waals surface area contributed by atoms with Crippen molar-refractivity contribution in [3.05, 3.63) is 45.4 Å². The number of aromatic nitrogens is 1. The molecular weight excluding hydrogens is 308 g/mol. The minimum absolute atomic E-state index is 0.0290. The molecule has 0 spiro atoms. The zero-order valence-corrected chi connectivity index (χ0v) is 12.9. The van der Waals surface area contributed by atoms with Gasteiger partial charge in [-0.1, -0.05) is 46.9 Å². The standard InChI is InChI=1S/C15H13ClN2O2S/c1-10-5-4-7-12(13(10)16)14(20)18-15-17-9-11(21-15)6-2-3-8-19/h4-5,7,9,19H,3,8H2,1H3,(H,17,18,20). The molecule has 21 heavy (non-hydrogen) atoms. The highest BCUT2D eigenvalue weighted by molar-refractivity contribution is 7.16. The SMILES string of the molecule is Cc1cccc(C(=O)Nc2ncc(C#CCCO)s2)c1Cl. The molecule has 2 aromatic rings. The van der Waals surface area contributed by atoms with Crippen LogP contribution >= 0.6 is 22.9 Å². The summed E-state index contributed by atoms with van der Waals surface area (Å²) in [6, 6.07) is 5.29. The summed E-state index contributed by atoms with van der Waals surface area (Å²) in [6.45, 7) is 1.87. The first kappa shape index (κ1) is 15.5. The number of aryl methyl sites for hydroxylation is 1. The van der Waals surface area contributed by atoms with E-state index < -0.39 is 0 Å². The molecule has 1 aromatic heterocycles. The van der Waals surface area contributed by atoms with E-state index in [-0.39, 0.29) is 12.5 Å². The molecule has 0 atom stereocenters. The van der Waals surface area contributed by atoms with Crippen LogP contribution in [0.2, 0.25) is 5.02 Å². The number of carbonyl (C=O) groups excluding carboxylic acids is 1. The van der Waals surface area contributed by atoms with Crippen LogP contribution in [0.25, 0.3) is 0 Å². The molecule has 0 fully saturated rings. The molecule has 0 saturated carbocycles. The topological polar surface area (TPSA) is 62.2 Å². The lowest BCUT2D eigenvalue weighted by Crippen LogP contribution is -2.12. The van der Waals surface area contributed by atoms with E-state index in [0.29, 0.717) is 22.1 Å². The molecule has 1 aromatic carbocycles. The highest BCUT2D eigenvalue weighted by atomic mass is 35.5. The molecule has 0 unspecified atom stereocenters. The average molecular weight is 321 g/mol. The van der Waals surface area contributed by atoms with E-state index in [1.807, 2.05) is 13.0 Å². The van der Waals surface area contributed by atoms with Crippen molar-refractivity contribution in [3.8, 4) is 11.8 Å². The van der Waals surface area contributed by atoms with Gasteiger partial charge in [-0.05, 0) is 18.6 Å². The molecular formula is C15H13ClN2O2S. The maximum Gasteiger partial charge on any atom is 0.258 e.